The third-order valence-corrected chi connectivity index (χ3v) is 4.70. The Morgan fingerprint density at radius 2 is 1.93 bits per heavy atom. The van der Waals surface area contributed by atoms with Gasteiger partial charge in [-0.2, -0.15) is 5.10 Å². The van der Waals surface area contributed by atoms with Crippen molar-refractivity contribution in [2.24, 2.45) is 12.8 Å². The Hall–Kier alpha value is -3.04. The Balaban J connectivity index is 1.62. The minimum atomic E-state index is -0.404. The molecule has 1 aliphatic heterocycles. The van der Waals surface area contributed by atoms with Crippen molar-refractivity contribution in [1.29, 1.82) is 0 Å². The highest BCUT2D eigenvalue weighted by atomic mass is 19.1. The molecule has 0 spiro atoms. The SMILES string of the molecule is Cn1nc(N2CCOCC2)cc1Oc1cc(F)ccc1-c1ncc(CCN)cn1. The number of hydrogen-bond donors (Lipinski definition) is 1. The first-order chi connectivity index (χ1) is 14.1. The van der Waals surface area contributed by atoms with E-state index in [1.54, 1.807) is 30.2 Å². The molecule has 0 saturated carbocycles. The topological polar surface area (TPSA) is 91.3 Å². The highest BCUT2D eigenvalue weighted by Crippen LogP contribution is 2.33. The monoisotopic (exact) mass is 398 g/mol. The van der Waals surface area contributed by atoms with Gasteiger partial charge in [0.25, 0.3) is 0 Å². The third-order valence-electron chi connectivity index (χ3n) is 4.70. The summed E-state index contributed by atoms with van der Waals surface area (Å²) in [5.74, 6) is 1.67. The van der Waals surface area contributed by atoms with Gasteiger partial charge in [0.05, 0.1) is 18.8 Å². The maximum atomic E-state index is 13.9. The fourth-order valence-corrected chi connectivity index (χ4v) is 3.15. The molecule has 1 fully saturated rings. The number of anilines is 1. The van der Waals surface area contributed by atoms with E-state index < -0.39 is 5.82 Å². The molecule has 4 rings (SSSR count). The molecule has 3 heterocycles. The van der Waals surface area contributed by atoms with Gasteiger partial charge >= 0.3 is 0 Å². The Morgan fingerprint density at radius 1 is 1.17 bits per heavy atom. The zero-order valence-electron chi connectivity index (χ0n) is 16.2. The van der Waals surface area contributed by atoms with Crippen molar-refractivity contribution in [2.45, 2.75) is 6.42 Å². The van der Waals surface area contributed by atoms with Crippen molar-refractivity contribution in [1.82, 2.24) is 19.7 Å². The minimum Gasteiger partial charge on any atom is -0.438 e. The molecule has 152 valence electrons. The van der Waals surface area contributed by atoms with E-state index in [1.807, 2.05) is 6.07 Å². The fraction of sp³-hybridized carbons (Fsp3) is 0.350. The van der Waals surface area contributed by atoms with Crippen LogP contribution in [0.15, 0.2) is 36.7 Å². The standard InChI is InChI=1S/C20H23FN6O2/c1-26-19(11-18(25-26)27-6-8-28-9-7-27)29-17-10-15(21)2-3-16(17)20-23-12-14(4-5-22)13-24-20/h2-3,10-13H,4-9,22H2,1H3. The number of aromatic nitrogens is 4. The molecule has 0 unspecified atom stereocenters. The van der Waals surface area contributed by atoms with E-state index in [4.69, 9.17) is 15.2 Å². The maximum Gasteiger partial charge on any atom is 0.219 e. The Labute approximate surface area is 168 Å². The Morgan fingerprint density at radius 3 is 2.66 bits per heavy atom. The lowest BCUT2D eigenvalue weighted by Gasteiger charge is -2.26. The number of nitrogens with two attached hydrogens (primary N) is 1. The summed E-state index contributed by atoms with van der Waals surface area (Å²) < 4.78 is 27.0. The van der Waals surface area contributed by atoms with Crippen molar-refractivity contribution in [2.75, 3.05) is 37.7 Å². The molecule has 1 aromatic carbocycles. The van der Waals surface area contributed by atoms with Crippen molar-refractivity contribution < 1.29 is 13.9 Å². The number of ether oxygens (including phenoxy) is 2. The summed E-state index contributed by atoms with van der Waals surface area (Å²) in [5.41, 5.74) is 7.11. The molecule has 2 aromatic heterocycles. The van der Waals surface area contributed by atoms with E-state index >= 15 is 0 Å². The van der Waals surface area contributed by atoms with Gasteiger partial charge in [-0.3, -0.25) is 0 Å². The van der Waals surface area contributed by atoms with Crippen LogP contribution in [0.5, 0.6) is 11.6 Å². The van der Waals surface area contributed by atoms with E-state index in [1.165, 1.54) is 12.1 Å². The number of rotatable bonds is 6. The second-order valence-electron chi connectivity index (χ2n) is 6.76. The molecule has 1 saturated heterocycles. The smallest absolute Gasteiger partial charge is 0.219 e. The summed E-state index contributed by atoms with van der Waals surface area (Å²) >= 11 is 0. The average molecular weight is 398 g/mol. The van der Waals surface area contributed by atoms with Gasteiger partial charge in [-0.25, -0.2) is 19.0 Å². The molecule has 9 heteroatoms. The number of hydrogen-bond acceptors (Lipinski definition) is 7. The lowest BCUT2D eigenvalue weighted by atomic mass is 10.1. The largest absolute Gasteiger partial charge is 0.438 e. The van der Waals surface area contributed by atoms with Crippen LogP contribution < -0.4 is 15.4 Å². The van der Waals surface area contributed by atoms with Gasteiger partial charge in [-0.05, 0) is 30.7 Å². The average Bonchev–Trinajstić information content (AvgIpc) is 3.10. The van der Waals surface area contributed by atoms with Crippen molar-refractivity contribution in [3.63, 3.8) is 0 Å². The van der Waals surface area contributed by atoms with E-state index in [0.29, 0.717) is 49.2 Å². The molecule has 0 aliphatic carbocycles. The first-order valence-electron chi connectivity index (χ1n) is 9.49. The van der Waals surface area contributed by atoms with Crippen LogP contribution in [-0.4, -0.2) is 52.6 Å². The van der Waals surface area contributed by atoms with Crippen LogP contribution in [0, 0.1) is 5.82 Å². The van der Waals surface area contributed by atoms with Crippen molar-refractivity contribution >= 4 is 5.82 Å². The van der Waals surface area contributed by atoms with Crippen LogP contribution >= 0.6 is 0 Å². The summed E-state index contributed by atoms with van der Waals surface area (Å²) in [5, 5.41) is 4.51. The van der Waals surface area contributed by atoms with Gasteiger partial charge in [0, 0.05) is 44.7 Å². The minimum absolute atomic E-state index is 0.327. The van der Waals surface area contributed by atoms with Gasteiger partial charge in [-0.15, -0.1) is 0 Å². The number of benzene rings is 1. The summed E-state index contributed by atoms with van der Waals surface area (Å²) in [6, 6.07) is 6.14. The molecule has 0 bridgehead atoms. The van der Waals surface area contributed by atoms with Gasteiger partial charge in [-0.1, -0.05) is 0 Å². The summed E-state index contributed by atoms with van der Waals surface area (Å²) in [6.45, 7) is 3.39. The number of morpholine rings is 1. The van der Waals surface area contributed by atoms with Crippen molar-refractivity contribution in [3.05, 3.63) is 48.0 Å². The van der Waals surface area contributed by atoms with Gasteiger partial charge in [0.2, 0.25) is 5.88 Å². The highest BCUT2D eigenvalue weighted by molar-refractivity contribution is 5.64. The summed E-state index contributed by atoms with van der Waals surface area (Å²) in [7, 11) is 1.79. The van der Waals surface area contributed by atoms with E-state index in [2.05, 4.69) is 20.0 Å². The number of nitrogens with zero attached hydrogens (tertiary/aromatic N) is 5. The Bertz CT molecular complexity index is 970. The van der Waals surface area contributed by atoms with Crippen LogP contribution in [0.2, 0.25) is 0 Å². The molecular weight excluding hydrogens is 375 g/mol. The number of aryl methyl sites for hydroxylation is 1. The van der Waals surface area contributed by atoms with Crippen LogP contribution in [0.25, 0.3) is 11.4 Å². The van der Waals surface area contributed by atoms with Gasteiger partial charge < -0.3 is 20.1 Å². The molecule has 2 N–H and O–H groups in total. The second kappa shape index (κ2) is 8.54. The predicted octanol–water partition coefficient (Wildman–Crippen LogP) is 2.15. The summed E-state index contributed by atoms with van der Waals surface area (Å²) in [6.07, 6.45) is 4.15. The zero-order valence-corrected chi connectivity index (χ0v) is 16.2. The lowest BCUT2D eigenvalue weighted by molar-refractivity contribution is 0.122. The zero-order chi connectivity index (χ0) is 20.2. The molecule has 29 heavy (non-hydrogen) atoms. The van der Waals surface area contributed by atoms with Crippen molar-refractivity contribution in [3.8, 4) is 23.0 Å². The predicted molar refractivity (Wildman–Crippen MR) is 106 cm³/mol. The maximum absolute atomic E-state index is 13.9. The second-order valence-corrected chi connectivity index (χ2v) is 6.76. The summed E-state index contributed by atoms with van der Waals surface area (Å²) in [4.78, 5) is 10.9. The normalized spacial score (nSPS) is 14.2. The van der Waals surface area contributed by atoms with Crippen LogP contribution in [0.1, 0.15) is 5.56 Å². The lowest BCUT2D eigenvalue weighted by Crippen LogP contribution is -2.36. The van der Waals surface area contributed by atoms with E-state index in [-0.39, 0.29) is 0 Å². The highest BCUT2D eigenvalue weighted by Gasteiger charge is 2.18. The Kier molecular flexibility index (Phi) is 5.68. The van der Waals surface area contributed by atoms with E-state index in [9.17, 15) is 4.39 Å². The molecular formula is C20H23FN6O2. The molecule has 8 nitrogen and oxygen atoms in total. The molecule has 0 amide bonds. The van der Waals surface area contributed by atoms with Crippen LogP contribution in [0.3, 0.4) is 0 Å². The van der Waals surface area contributed by atoms with E-state index in [0.717, 1.165) is 24.5 Å². The molecule has 3 aromatic rings. The first-order valence-corrected chi connectivity index (χ1v) is 9.49. The molecule has 0 radical (unpaired) electrons. The third kappa shape index (κ3) is 4.36. The quantitative estimate of drug-likeness (QED) is 0.680. The van der Waals surface area contributed by atoms with Crippen LogP contribution in [-0.2, 0) is 18.2 Å². The van der Waals surface area contributed by atoms with Crippen LogP contribution in [0.4, 0.5) is 10.2 Å². The number of halogens is 1. The molecule has 0 atom stereocenters. The fourth-order valence-electron chi connectivity index (χ4n) is 3.15. The van der Waals surface area contributed by atoms with Gasteiger partial charge in [0.1, 0.15) is 11.6 Å². The molecule has 1 aliphatic rings. The first kappa shape index (κ1) is 19.3. The van der Waals surface area contributed by atoms with Gasteiger partial charge in [0.15, 0.2) is 11.6 Å².